The summed E-state index contributed by atoms with van der Waals surface area (Å²) in [7, 11) is 0. The van der Waals surface area contributed by atoms with E-state index in [1.54, 1.807) is 0 Å². The van der Waals surface area contributed by atoms with Crippen LogP contribution in [0.25, 0.3) is 0 Å². The molecule has 5 heteroatoms. The van der Waals surface area contributed by atoms with Crippen molar-refractivity contribution >= 4 is 15.9 Å². The van der Waals surface area contributed by atoms with Crippen LogP contribution in [0.2, 0.25) is 0 Å². The summed E-state index contributed by atoms with van der Waals surface area (Å²) >= 11 is 3.43. The first-order valence-electron chi connectivity index (χ1n) is 7.07. The summed E-state index contributed by atoms with van der Waals surface area (Å²) in [6.07, 6.45) is 1.90. The van der Waals surface area contributed by atoms with E-state index in [0.29, 0.717) is 19.8 Å². The molecule has 1 aromatic carbocycles. The number of rotatable bonds is 6. The van der Waals surface area contributed by atoms with Crippen molar-refractivity contribution in [1.29, 1.82) is 0 Å². The molecule has 0 amide bonds. The van der Waals surface area contributed by atoms with Crippen LogP contribution in [0.1, 0.15) is 18.9 Å². The molecule has 0 aromatic heterocycles. The van der Waals surface area contributed by atoms with Gasteiger partial charge in [0.15, 0.2) is 0 Å². The fourth-order valence-corrected chi connectivity index (χ4v) is 2.84. The third-order valence-corrected chi connectivity index (χ3v) is 4.14. The Kier molecular flexibility index (Phi) is 6.42. The van der Waals surface area contributed by atoms with E-state index in [1.165, 1.54) is 12.1 Å². The van der Waals surface area contributed by atoms with Crippen LogP contribution in [-0.4, -0.2) is 38.5 Å². The van der Waals surface area contributed by atoms with Crippen LogP contribution in [0.5, 0.6) is 0 Å². The normalized spacial score (nSPS) is 20.9. The summed E-state index contributed by atoms with van der Waals surface area (Å²) in [6, 6.07) is 5.00. The van der Waals surface area contributed by atoms with Crippen LogP contribution < -0.4 is 5.32 Å². The van der Waals surface area contributed by atoms with Gasteiger partial charge in [0.1, 0.15) is 5.82 Å². The lowest BCUT2D eigenvalue weighted by molar-refractivity contribution is -0.101. The van der Waals surface area contributed by atoms with Crippen LogP contribution in [0.4, 0.5) is 4.39 Å². The Bertz CT molecular complexity index is 424. The minimum Gasteiger partial charge on any atom is -0.376 e. The molecule has 1 saturated heterocycles. The highest BCUT2D eigenvalue weighted by molar-refractivity contribution is 9.10. The molecule has 0 saturated carbocycles. The van der Waals surface area contributed by atoms with Gasteiger partial charge in [-0.05, 0) is 37.1 Å². The standard InChI is InChI=1S/C15H21BrFNO2/c1-2-5-18-14(15-10-19-6-7-20-15)8-11-3-4-12(17)9-13(11)16/h3-4,9,14-15,18H,2,5-8,10H2,1H3. The largest absolute Gasteiger partial charge is 0.376 e. The number of ether oxygens (including phenoxy) is 2. The van der Waals surface area contributed by atoms with Gasteiger partial charge in [0.25, 0.3) is 0 Å². The molecule has 2 rings (SSSR count). The number of benzene rings is 1. The van der Waals surface area contributed by atoms with Gasteiger partial charge in [-0.2, -0.15) is 0 Å². The lowest BCUT2D eigenvalue weighted by Gasteiger charge is -2.31. The van der Waals surface area contributed by atoms with Crippen molar-refractivity contribution < 1.29 is 13.9 Å². The minimum atomic E-state index is -0.226. The topological polar surface area (TPSA) is 30.5 Å². The molecule has 0 radical (unpaired) electrons. The molecule has 1 heterocycles. The molecule has 2 unspecified atom stereocenters. The Labute approximate surface area is 128 Å². The summed E-state index contributed by atoms with van der Waals surface area (Å²) in [6.45, 7) is 4.98. The maximum Gasteiger partial charge on any atom is 0.124 e. The Morgan fingerprint density at radius 1 is 1.45 bits per heavy atom. The Morgan fingerprint density at radius 2 is 2.30 bits per heavy atom. The van der Waals surface area contributed by atoms with Crippen LogP contribution in [-0.2, 0) is 15.9 Å². The molecule has 20 heavy (non-hydrogen) atoms. The van der Waals surface area contributed by atoms with Crippen LogP contribution in [0, 0.1) is 5.82 Å². The van der Waals surface area contributed by atoms with E-state index in [1.807, 2.05) is 6.07 Å². The van der Waals surface area contributed by atoms with Gasteiger partial charge >= 0.3 is 0 Å². The summed E-state index contributed by atoms with van der Waals surface area (Å²) in [5, 5.41) is 3.51. The maximum absolute atomic E-state index is 13.2. The maximum atomic E-state index is 13.2. The number of hydrogen-bond acceptors (Lipinski definition) is 3. The highest BCUT2D eigenvalue weighted by atomic mass is 79.9. The first-order chi connectivity index (χ1) is 9.70. The third kappa shape index (κ3) is 4.52. The molecule has 3 nitrogen and oxygen atoms in total. The summed E-state index contributed by atoms with van der Waals surface area (Å²) in [5.41, 5.74) is 1.08. The highest BCUT2D eigenvalue weighted by Gasteiger charge is 2.25. The van der Waals surface area contributed by atoms with E-state index in [2.05, 4.69) is 28.2 Å². The average Bonchev–Trinajstić information content (AvgIpc) is 2.46. The van der Waals surface area contributed by atoms with E-state index in [9.17, 15) is 4.39 Å². The molecule has 2 atom stereocenters. The summed E-state index contributed by atoms with van der Waals surface area (Å²) < 4.78 is 25.2. The molecular weight excluding hydrogens is 325 g/mol. The number of halogens is 2. The molecule has 1 aliphatic heterocycles. The SMILES string of the molecule is CCCNC(Cc1ccc(F)cc1Br)C1COCCO1. The van der Waals surface area contributed by atoms with E-state index in [-0.39, 0.29) is 18.0 Å². The van der Waals surface area contributed by atoms with Gasteiger partial charge < -0.3 is 14.8 Å². The van der Waals surface area contributed by atoms with Crippen LogP contribution in [0.3, 0.4) is 0 Å². The monoisotopic (exact) mass is 345 g/mol. The van der Waals surface area contributed by atoms with Crippen molar-refractivity contribution in [2.24, 2.45) is 0 Å². The first-order valence-corrected chi connectivity index (χ1v) is 7.86. The van der Waals surface area contributed by atoms with Gasteiger partial charge in [-0.3, -0.25) is 0 Å². The second kappa shape index (κ2) is 8.08. The predicted molar refractivity (Wildman–Crippen MR) is 80.4 cm³/mol. The highest BCUT2D eigenvalue weighted by Crippen LogP contribution is 2.21. The van der Waals surface area contributed by atoms with Gasteiger partial charge in [0, 0.05) is 10.5 Å². The molecule has 1 aliphatic rings. The molecule has 112 valence electrons. The van der Waals surface area contributed by atoms with Crippen molar-refractivity contribution in [1.82, 2.24) is 5.32 Å². The lowest BCUT2D eigenvalue weighted by atomic mass is 10.0. The van der Waals surface area contributed by atoms with Crippen molar-refractivity contribution in [3.8, 4) is 0 Å². The van der Waals surface area contributed by atoms with Crippen molar-refractivity contribution in [2.75, 3.05) is 26.4 Å². The number of hydrogen-bond donors (Lipinski definition) is 1. The average molecular weight is 346 g/mol. The lowest BCUT2D eigenvalue weighted by Crippen LogP contribution is -2.48. The van der Waals surface area contributed by atoms with Gasteiger partial charge in [0.2, 0.25) is 0 Å². The van der Waals surface area contributed by atoms with Crippen molar-refractivity contribution in [3.63, 3.8) is 0 Å². The van der Waals surface area contributed by atoms with Gasteiger partial charge in [0.05, 0.1) is 25.9 Å². The summed E-state index contributed by atoms with van der Waals surface area (Å²) in [5.74, 6) is -0.226. The van der Waals surface area contributed by atoms with Crippen molar-refractivity contribution in [2.45, 2.75) is 31.9 Å². The quantitative estimate of drug-likeness (QED) is 0.859. The molecular formula is C15H21BrFNO2. The number of nitrogens with one attached hydrogen (secondary N) is 1. The Morgan fingerprint density at radius 3 is 2.95 bits per heavy atom. The van der Waals surface area contributed by atoms with Crippen molar-refractivity contribution in [3.05, 3.63) is 34.1 Å². The molecule has 0 bridgehead atoms. The smallest absolute Gasteiger partial charge is 0.124 e. The van der Waals surface area contributed by atoms with E-state index in [0.717, 1.165) is 29.4 Å². The Hall–Kier alpha value is -0.490. The van der Waals surface area contributed by atoms with Crippen LogP contribution in [0.15, 0.2) is 22.7 Å². The van der Waals surface area contributed by atoms with Gasteiger partial charge in [-0.15, -0.1) is 0 Å². The molecule has 0 spiro atoms. The third-order valence-electron chi connectivity index (χ3n) is 3.40. The fourth-order valence-electron chi connectivity index (χ4n) is 2.33. The van der Waals surface area contributed by atoms with E-state index in [4.69, 9.17) is 9.47 Å². The second-order valence-corrected chi connectivity index (χ2v) is 5.84. The fraction of sp³-hybridized carbons (Fsp3) is 0.600. The van der Waals surface area contributed by atoms with Gasteiger partial charge in [-0.1, -0.05) is 28.9 Å². The second-order valence-electron chi connectivity index (χ2n) is 4.98. The summed E-state index contributed by atoms with van der Waals surface area (Å²) in [4.78, 5) is 0. The Balaban J connectivity index is 2.05. The first kappa shape index (κ1) is 15.9. The molecule has 1 N–H and O–H groups in total. The minimum absolute atomic E-state index is 0.0484. The van der Waals surface area contributed by atoms with E-state index < -0.39 is 0 Å². The van der Waals surface area contributed by atoms with E-state index >= 15 is 0 Å². The molecule has 1 aromatic rings. The zero-order valence-corrected chi connectivity index (χ0v) is 13.3. The van der Waals surface area contributed by atoms with Crippen LogP contribution >= 0.6 is 15.9 Å². The zero-order chi connectivity index (χ0) is 14.4. The predicted octanol–water partition coefficient (Wildman–Crippen LogP) is 2.91. The van der Waals surface area contributed by atoms with Gasteiger partial charge in [-0.25, -0.2) is 4.39 Å². The molecule has 1 fully saturated rings. The zero-order valence-electron chi connectivity index (χ0n) is 11.7. The molecule has 0 aliphatic carbocycles.